The number of rotatable bonds is 3. The van der Waals surface area contributed by atoms with Crippen LogP contribution in [0.15, 0.2) is 33.2 Å². The summed E-state index contributed by atoms with van der Waals surface area (Å²) in [6, 6.07) is 7.38. The molecule has 2 aromatic heterocycles. The quantitative estimate of drug-likeness (QED) is 0.656. The first-order valence-corrected chi connectivity index (χ1v) is 8.43. The van der Waals surface area contributed by atoms with E-state index in [0.29, 0.717) is 11.1 Å². The summed E-state index contributed by atoms with van der Waals surface area (Å²) in [5.74, 6) is -0.720. The number of nitrogens with one attached hydrogen (secondary N) is 2. The maximum Gasteiger partial charge on any atom is 0.305 e. The van der Waals surface area contributed by atoms with Gasteiger partial charge in [-0.2, -0.15) is 5.10 Å². The van der Waals surface area contributed by atoms with Gasteiger partial charge in [0.1, 0.15) is 12.1 Å². The van der Waals surface area contributed by atoms with E-state index in [1.54, 1.807) is 17.7 Å². The van der Waals surface area contributed by atoms with Crippen LogP contribution in [0.2, 0.25) is 0 Å². The molecule has 7 nitrogen and oxygen atoms in total. The number of amides is 2. The Balaban J connectivity index is 1.67. The van der Waals surface area contributed by atoms with Crippen molar-refractivity contribution in [2.75, 3.05) is 0 Å². The van der Waals surface area contributed by atoms with Gasteiger partial charge >= 0.3 is 5.91 Å². The largest absolute Gasteiger partial charge is 0.451 e. The second-order valence-corrected chi connectivity index (χ2v) is 6.70. The van der Waals surface area contributed by atoms with Crippen LogP contribution in [-0.4, -0.2) is 21.6 Å². The van der Waals surface area contributed by atoms with Gasteiger partial charge in [-0.05, 0) is 45.0 Å². The number of aryl methyl sites for hydroxylation is 3. The number of nitrogens with zero attached hydrogens (tertiary/aromatic N) is 2. The monoisotopic (exact) mass is 404 g/mol. The molecule has 0 aliphatic heterocycles. The van der Waals surface area contributed by atoms with Gasteiger partial charge in [-0.15, -0.1) is 0 Å². The summed E-state index contributed by atoms with van der Waals surface area (Å²) < 4.78 is 8.05. The van der Waals surface area contributed by atoms with Crippen molar-refractivity contribution in [3.63, 3.8) is 0 Å². The van der Waals surface area contributed by atoms with Crippen LogP contribution in [0.25, 0.3) is 11.0 Å². The number of hydrogen-bond donors (Lipinski definition) is 2. The molecule has 2 heterocycles. The van der Waals surface area contributed by atoms with Crippen molar-refractivity contribution in [1.29, 1.82) is 0 Å². The summed E-state index contributed by atoms with van der Waals surface area (Å²) in [7, 11) is 0. The normalized spacial score (nSPS) is 10.9. The van der Waals surface area contributed by atoms with Crippen LogP contribution in [0.4, 0.5) is 0 Å². The van der Waals surface area contributed by atoms with E-state index < -0.39 is 5.91 Å². The Kier molecular flexibility index (Phi) is 4.63. The second kappa shape index (κ2) is 6.72. The van der Waals surface area contributed by atoms with Crippen molar-refractivity contribution >= 4 is 38.7 Å². The first kappa shape index (κ1) is 17.2. The average Bonchev–Trinajstić information content (AvgIpc) is 3.04. The van der Waals surface area contributed by atoms with Crippen molar-refractivity contribution in [2.45, 2.75) is 27.3 Å². The van der Waals surface area contributed by atoms with Crippen LogP contribution in [0.1, 0.15) is 27.5 Å². The molecule has 0 radical (unpaired) electrons. The number of fused-ring (bicyclic) bond motifs is 1. The topological polar surface area (TPSA) is 89.2 Å². The number of carbonyl (C=O) groups excluding carboxylic acids is 2. The van der Waals surface area contributed by atoms with Crippen molar-refractivity contribution in [2.24, 2.45) is 0 Å². The third-order valence-electron chi connectivity index (χ3n) is 3.82. The fourth-order valence-corrected chi connectivity index (χ4v) is 2.96. The molecular weight excluding hydrogens is 388 g/mol. The van der Waals surface area contributed by atoms with Gasteiger partial charge in [0.15, 0.2) is 5.76 Å². The summed E-state index contributed by atoms with van der Waals surface area (Å²) in [6.45, 7) is 5.53. The molecule has 0 atom stereocenters. The lowest BCUT2D eigenvalue weighted by atomic mass is 10.1. The van der Waals surface area contributed by atoms with Crippen LogP contribution in [0.3, 0.4) is 0 Å². The molecular formula is C17H17BrN4O3. The first-order valence-electron chi connectivity index (χ1n) is 7.64. The van der Waals surface area contributed by atoms with E-state index in [2.05, 4.69) is 31.9 Å². The molecule has 2 N–H and O–H groups in total. The molecule has 3 aromatic rings. The molecule has 3 rings (SSSR count). The number of halogens is 1. The van der Waals surface area contributed by atoms with Gasteiger partial charge in [0.25, 0.3) is 5.91 Å². The number of aromatic nitrogens is 2. The van der Waals surface area contributed by atoms with Crippen molar-refractivity contribution in [3.05, 3.63) is 51.4 Å². The second-order valence-electron chi connectivity index (χ2n) is 5.78. The minimum atomic E-state index is -0.508. The highest BCUT2D eigenvalue weighted by Gasteiger charge is 2.18. The predicted molar refractivity (Wildman–Crippen MR) is 96.0 cm³/mol. The van der Waals surface area contributed by atoms with Gasteiger partial charge in [-0.3, -0.25) is 25.1 Å². The molecule has 0 bridgehead atoms. The van der Waals surface area contributed by atoms with E-state index in [9.17, 15) is 9.59 Å². The molecule has 0 unspecified atom stereocenters. The zero-order valence-corrected chi connectivity index (χ0v) is 15.6. The minimum Gasteiger partial charge on any atom is -0.451 e. The van der Waals surface area contributed by atoms with Crippen LogP contribution >= 0.6 is 15.9 Å². The third kappa shape index (κ3) is 3.58. The Morgan fingerprint density at radius 2 is 1.96 bits per heavy atom. The van der Waals surface area contributed by atoms with Gasteiger partial charge in [0.2, 0.25) is 0 Å². The molecule has 25 heavy (non-hydrogen) atoms. The summed E-state index contributed by atoms with van der Waals surface area (Å²) in [5.41, 5.74) is 7.78. The minimum absolute atomic E-state index is 0.0199. The molecule has 0 saturated heterocycles. The Labute approximate surface area is 152 Å². The molecule has 1 aromatic carbocycles. The smallest absolute Gasteiger partial charge is 0.305 e. The third-order valence-corrected chi connectivity index (χ3v) is 4.31. The van der Waals surface area contributed by atoms with Crippen molar-refractivity contribution in [1.82, 2.24) is 20.6 Å². The Bertz CT molecular complexity index is 974. The maximum atomic E-state index is 12.3. The van der Waals surface area contributed by atoms with E-state index in [4.69, 9.17) is 4.42 Å². The van der Waals surface area contributed by atoms with E-state index >= 15 is 0 Å². The first-order chi connectivity index (χ1) is 11.8. The maximum absolute atomic E-state index is 12.3. The lowest BCUT2D eigenvalue weighted by Crippen LogP contribution is -2.43. The molecule has 8 heteroatoms. The summed E-state index contributed by atoms with van der Waals surface area (Å²) >= 11 is 3.39. The zero-order valence-electron chi connectivity index (χ0n) is 14.0. The lowest BCUT2D eigenvalue weighted by Gasteiger charge is -2.07. The molecule has 2 amide bonds. The molecule has 0 fully saturated rings. The number of carbonyl (C=O) groups is 2. The SMILES string of the molecule is Cc1cc(C)n(CC(=O)NNC(=O)c2oc3ccc(Br)cc3c2C)n1. The Hall–Kier alpha value is -2.61. The summed E-state index contributed by atoms with van der Waals surface area (Å²) in [5, 5.41) is 5.05. The Morgan fingerprint density at radius 3 is 2.64 bits per heavy atom. The van der Waals surface area contributed by atoms with Gasteiger partial charge in [-0.25, -0.2) is 0 Å². The summed E-state index contributed by atoms with van der Waals surface area (Å²) in [6.07, 6.45) is 0. The van der Waals surface area contributed by atoms with Gasteiger partial charge in [0, 0.05) is 21.1 Å². The highest BCUT2D eigenvalue weighted by Crippen LogP contribution is 2.27. The summed E-state index contributed by atoms with van der Waals surface area (Å²) in [4.78, 5) is 24.3. The van der Waals surface area contributed by atoms with Crippen molar-refractivity contribution < 1.29 is 14.0 Å². The van der Waals surface area contributed by atoms with Gasteiger partial charge in [-0.1, -0.05) is 15.9 Å². The van der Waals surface area contributed by atoms with E-state index in [-0.39, 0.29) is 18.2 Å². The standard InChI is InChI=1S/C17H17BrN4O3/c1-9-6-10(2)22(21-9)8-15(23)19-20-17(24)16-11(3)13-7-12(18)4-5-14(13)25-16/h4-7H,8H2,1-3H3,(H,19,23)(H,20,24). The Morgan fingerprint density at radius 1 is 1.20 bits per heavy atom. The van der Waals surface area contributed by atoms with Crippen molar-refractivity contribution in [3.8, 4) is 0 Å². The fourth-order valence-electron chi connectivity index (χ4n) is 2.60. The lowest BCUT2D eigenvalue weighted by molar-refractivity contribution is -0.122. The number of furan rings is 1. The number of hydrogen-bond acceptors (Lipinski definition) is 4. The fraction of sp³-hybridized carbons (Fsp3) is 0.235. The number of hydrazine groups is 1. The molecule has 0 saturated carbocycles. The van der Waals surface area contributed by atoms with Crippen LogP contribution in [0, 0.1) is 20.8 Å². The molecule has 0 aliphatic rings. The molecule has 0 spiro atoms. The number of benzene rings is 1. The highest BCUT2D eigenvalue weighted by atomic mass is 79.9. The van der Waals surface area contributed by atoms with E-state index in [0.717, 1.165) is 21.2 Å². The highest BCUT2D eigenvalue weighted by molar-refractivity contribution is 9.10. The molecule has 0 aliphatic carbocycles. The average molecular weight is 405 g/mol. The van der Waals surface area contributed by atoms with Crippen LogP contribution < -0.4 is 10.9 Å². The molecule has 130 valence electrons. The van der Waals surface area contributed by atoms with E-state index in [1.165, 1.54) is 0 Å². The predicted octanol–water partition coefficient (Wildman–Crippen LogP) is 2.78. The van der Waals surface area contributed by atoms with E-state index in [1.807, 2.05) is 32.0 Å². The van der Waals surface area contributed by atoms with Crippen LogP contribution in [0.5, 0.6) is 0 Å². The van der Waals surface area contributed by atoms with Gasteiger partial charge in [0.05, 0.1) is 5.69 Å². The van der Waals surface area contributed by atoms with Gasteiger partial charge < -0.3 is 4.42 Å². The zero-order chi connectivity index (χ0) is 18.1. The van der Waals surface area contributed by atoms with Crippen LogP contribution in [-0.2, 0) is 11.3 Å².